The highest BCUT2D eigenvalue weighted by Gasteiger charge is 2.53. The number of hydrogen-bond donors (Lipinski definition) is 7. The molecule has 15 atom stereocenters. The fraction of sp³-hybridized carbons (Fsp3) is 0.587. The van der Waals surface area contributed by atoms with E-state index in [1.54, 1.807) is 50.4 Å². The van der Waals surface area contributed by atoms with Crippen molar-refractivity contribution in [3.8, 4) is 22.4 Å². The number of piperazine rings is 1. The van der Waals surface area contributed by atoms with Gasteiger partial charge in [-0.2, -0.15) is 10.1 Å². The molecule has 5 aromatic heterocycles. The molecular weight excluding hydrogens is 1630 g/mol. The predicted octanol–water partition coefficient (Wildman–Crippen LogP) is 7.96. The number of unbranched alkanes of at least 4 members (excludes halogenated alkanes) is 1. The normalized spacial score (nSPS) is 26.7. The average Bonchev–Trinajstić information content (AvgIpc) is 1.61. The van der Waals surface area contributed by atoms with Crippen LogP contribution in [0.2, 0.25) is 0 Å². The number of Topliss-reactive ketones (excluding diaryl/α,β-unsaturated/α-hetero) is 3. The zero-order valence-electron chi connectivity index (χ0n) is 74.3. The van der Waals surface area contributed by atoms with Gasteiger partial charge >= 0.3 is 5.97 Å². The first-order valence-corrected chi connectivity index (χ1v) is 44.7. The van der Waals surface area contributed by atoms with Gasteiger partial charge in [0.05, 0.1) is 88.3 Å². The maximum Gasteiger partial charge on any atom is 0.329 e. The smallest absolute Gasteiger partial charge is 0.329 e. The Morgan fingerprint density at radius 2 is 1.54 bits per heavy atom. The van der Waals surface area contributed by atoms with Crippen LogP contribution in [0, 0.1) is 29.6 Å². The van der Waals surface area contributed by atoms with E-state index in [4.69, 9.17) is 74.6 Å². The number of nitrogens with two attached hydrogens (primary N) is 3. The summed E-state index contributed by atoms with van der Waals surface area (Å²) in [6, 6.07) is 11.5. The number of aryl methyl sites for hydroxylation is 1. The summed E-state index contributed by atoms with van der Waals surface area (Å²) in [5.41, 5.74) is 27.0. The summed E-state index contributed by atoms with van der Waals surface area (Å²) in [5.74, 6) is -8.11. The van der Waals surface area contributed by atoms with Gasteiger partial charge in [0, 0.05) is 139 Å². The van der Waals surface area contributed by atoms with E-state index in [2.05, 4.69) is 46.4 Å². The van der Waals surface area contributed by atoms with Gasteiger partial charge in [0.25, 0.3) is 17.7 Å². The monoisotopic (exact) mass is 1760 g/mol. The molecule has 35 heteroatoms. The van der Waals surface area contributed by atoms with E-state index in [1.807, 2.05) is 93.1 Å². The SMILES string of the molecule is CO[C@H]1C[C@@H]2CC[C@@H](C)[C@@](O)(O2)C(=O)C(=O)N2CCCC[C@H]2C(=O)O[C@H]([C@H](N)C[C@@H]2CC[C@@H](OCc3cccc(-c4cnc(N5CCN(Cc6cn(CCOCCOCCOCCC(=O)NCCCCn7nc(-c8ccc9oc(N)nc9c8)c8c(N)ncnc87)nn6)CC5)nc4)c3)[C@H](OC)C2)CC(=O)[C@H](C)/C=C(\C)[C@@H](O)[C@@H](O)C(=O)[C@H](C)C[C@H](C)/C=C/C=CC=C1C. The number of nitrogen functional groups attached to an aromatic ring is 2. The molecule has 0 spiro atoms. The van der Waals surface area contributed by atoms with Crippen LogP contribution in [0.5, 0.6) is 0 Å². The van der Waals surface area contributed by atoms with E-state index in [9.17, 15) is 44.1 Å². The third-order valence-electron chi connectivity index (χ3n) is 25.0. The zero-order chi connectivity index (χ0) is 90.3. The molecule has 9 heterocycles. The number of oxazole rings is 1. The van der Waals surface area contributed by atoms with Crippen molar-refractivity contribution in [2.45, 2.75) is 225 Å². The highest BCUT2D eigenvalue weighted by molar-refractivity contribution is 6.39. The number of allylic oxidation sites excluding steroid dienone is 6. The van der Waals surface area contributed by atoms with E-state index < -0.39 is 95.4 Å². The third-order valence-corrected chi connectivity index (χ3v) is 25.0. The minimum Gasteiger partial charge on any atom is -0.459 e. The number of aliphatic hydroxyl groups is 3. The minimum absolute atomic E-state index is 0.0192. The Bertz CT molecular complexity index is 4950. The highest BCUT2D eigenvalue weighted by Crippen LogP contribution is 2.39. The molecule has 0 unspecified atom stereocenters. The summed E-state index contributed by atoms with van der Waals surface area (Å²) in [5, 5.41) is 52.0. The summed E-state index contributed by atoms with van der Waals surface area (Å²) in [6.07, 6.45) is 17.7. The van der Waals surface area contributed by atoms with Crippen LogP contribution in [-0.2, 0) is 92.9 Å². The highest BCUT2D eigenvalue weighted by atomic mass is 16.6. The molecule has 12 rings (SSSR count). The molecule has 4 aliphatic heterocycles. The van der Waals surface area contributed by atoms with Crippen LogP contribution >= 0.6 is 0 Å². The molecule has 5 aliphatic rings. The first-order valence-electron chi connectivity index (χ1n) is 44.7. The number of amides is 2. The maximum atomic E-state index is 14.8. The van der Waals surface area contributed by atoms with Crippen LogP contribution in [0.25, 0.3) is 44.5 Å². The van der Waals surface area contributed by atoms with Crippen LogP contribution < -0.4 is 27.4 Å². The van der Waals surface area contributed by atoms with Crippen molar-refractivity contribution in [1.29, 1.82) is 0 Å². The Labute approximate surface area is 740 Å². The lowest BCUT2D eigenvalue weighted by Gasteiger charge is -2.42. The molecule has 688 valence electrons. The van der Waals surface area contributed by atoms with E-state index >= 15 is 0 Å². The summed E-state index contributed by atoms with van der Waals surface area (Å²) >= 11 is 0. The van der Waals surface area contributed by atoms with Crippen molar-refractivity contribution in [2.24, 2.45) is 35.3 Å². The Hall–Kier alpha value is -10.0. The number of carbonyl (C=O) groups excluding carboxylic acids is 6. The van der Waals surface area contributed by atoms with Gasteiger partial charge in [0.1, 0.15) is 53.5 Å². The van der Waals surface area contributed by atoms with E-state index in [-0.39, 0.29) is 80.4 Å². The number of nitrogens with zero attached hydrogens (tertiary/aromatic N) is 13. The Kier molecular flexibility index (Phi) is 35.0. The summed E-state index contributed by atoms with van der Waals surface area (Å²) in [4.78, 5) is 113. The molecule has 2 bridgehead atoms. The van der Waals surface area contributed by atoms with Gasteiger partial charge in [-0.15, -0.1) is 5.10 Å². The Morgan fingerprint density at radius 3 is 2.31 bits per heavy atom. The van der Waals surface area contributed by atoms with Gasteiger partial charge in [0.2, 0.25) is 17.6 Å². The molecule has 2 amide bonds. The molecule has 35 nitrogen and oxygen atoms in total. The van der Waals surface area contributed by atoms with Crippen molar-refractivity contribution < 1.29 is 86.4 Å². The van der Waals surface area contributed by atoms with Gasteiger partial charge in [-0.3, -0.25) is 28.9 Å². The lowest BCUT2D eigenvalue weighted by Crippen LogP contribution is -2.61. The van der Waals surface area contributed by atoms with Gasteiger partial charge in [-0.1, -0.05) is 87.6 Å². The Balaban J connectivity index is 0.553. The fourth-order valence-corrected chi connectivity index (χ4v) is 17.4. The van der Waals surface area contributed by atoms with E-state index in [1.165, 1.54) is 19.3 Å². The number of ketones is 3. The molecular formula is C92H127N17O18. The second-order valence-electron chi connectivity index (χ2n) is 34.5. The second-order valence-corrected chi connectivity index (χ2v) is 34.5. The predicted molar refractivity (Wildman–Crippen MR) is 473 cm³/mol. The summed E-state index contributed by atoms with van der Waals surface area (Å²) in [7, 11) is 3.20. The summed E-state index contributed by atoms with van der Waals surface area (Å²) < 4.78 is 57.3. The molecule has 4 fully saturated rings. The van der Waals surface area contributed by atoms with Gasteiger partial charge in [-0.25, -0.2) is 34.1 Å². The number of cyclic esters (lactones) is 1. The van der Waals surface area contributed by atoms with Crippen molar-refractivity contribution >= 4 is 75.0 Å². The number of carbonyl (C=O) groups is 6. The number of fused-ring (bicyclic) bond motifs is 5. The maximum absolute atomic E-state index is 14.8. The van der Waals surface area contributed by atoms with Gasteiger partial charge in [0.15, 0.2) is 17.0 Å². The summed E-state index contributed by atoms with van der Waals surface area (Å²) in [6.45, 7) is 18.2. The van der Waals surface area contributed by atoms with Crippen LogP contribution in [0.4, 0.5) is 17.8 Å². The standard InChI is InChI=1S/C92H127N17O18/c1-57-17-10-9-11-18-58(2)76(119-7)49-69-25-22-62(6)92(118,127-69)85(115)88(116)108-30-14-12-21-72(108)89(117)125-77(50-73(110)59(3)44-61(5)83(113)84(114)82(112)60(4)43-57)70(93)46-63-23-26-75(78(47-63)120-8)124-55-64-19-16-20-65(45-64)67-51-97-91(98-52-67)106-34-32-105(33-35-106)53-68-54-107(104-102-68)36-38-122-40-42-123-41-39-121-37-28-79(111)96-29-13-15-31-109-87-80(86(94)99-56-100-87)81(103-109)66-24-27-74-71(48-66)101-90(95)126-74/h9-11,16-20,24,27,44-45,48,51-52,54,56-57,59-60,62-63,69-70,72,75-78,83-84,113-114,118H,12-15,21-23,25-26,28-43,46-47,49-50,53,55,93H2,1-8H3,(H2,95,101)(H,96,111)(H2,94,99,100)/b11-9?,17-10+,58-18?,61-44+/t57-,59-,60-,62-,63+,69+,70-,72+,75-,76+,77+,78-,83-,84+,92-/m1/s1. The number of methoxy groups -OCH3 is 2. The van der Waals surface area contributed by atoms with Crippen molar-refractivity contribution in [1.82, 2.24) is 64.8 Å². The second kappa shape index (κ2) is 46.3. The molecule has 0 radical (unpaired) electrons. The fourth-order valence-electron chi connectivity index (χ4n) is 17.4. The molecule has 7 aromatic rings. The molecule has 2 aromatic carbocycles. The first kappa shape index (κ1) is 96.1. The number of ether oxygens (including phenoxy) is 8. The number of esters is 1. The lowest BCUT2D eigenvalue weighted by molar-refractivity contribution is -0.265. The molecule has 1 saturated carbocycles. The van der Waals surface area contributed by atoms with Gasteiger partial charge in [-0.05, 0) is 149 Å². The average molecular weight is 1760 g/mol. The number of anilines is 3. The third kappa shape index (κ3) is 25.9. The lowest BCUT2D eigenvalue weighted by atomic mass is 9.80. The molecule has 3 saturated heterocycles. The molecule has 1 aliphatic carbocycles. The van der Waals surface area contributed by atoms with Crippen molar-refractivity contribution in [2.75, 3.05) is 109 Å². The van der Waals surface area contributed by atoms with E-state index in [0.717, 1.165) is 77.4 Å². The number of benzene rings is 2. The first-order chi connectivity index (χ1) is 61.2. The number of aliphatic hydroxyl groups excluding tert-OH is 2. The zero-order valence-corrected chi connectivity index (χ0v) is 74.3. The van der Waals surface area contributed by atoms with Gasteiger partial charge < -0.3 is 89.9 Å². The van der Waals surface area contributed by atoms with Crippen LogP contribution in [0.1, 0.15) is 149 Å². The number of aromatic nitrogens is 10. The van der Waals surface area contributed by atoms with Crippen LogP contribution in [0.3, 0.4) is 0 Å². The number of nitrogens with one attached hydrogen (secondary N) is 1. The van der Waals surface area contributed by atoms with Crippen LogP contribution in [-0.4, -0.2) is 264 Å². The van der Waals surface area contributed by atoms with E-state index in [0.29, 0.717) is 163 Å². The number of hydrogen-bond acceptors (Lipinski definition) is 31. The topological polar surface area (TPSA) is 463 Å². The molecule has 127 heavy (non-hydrogen) atoms. The quantitative estimate of drug-likeness (QED) is 0.00971. The largest absolute Gasteiger partial charge is 0.459 e. The minimum atomic E-state index is -2.50. The van der Waals surface area contributed by atoms with Crippen molar-refractivity contribution in [3.05, 3.63) is 126 Å². The Morgan fingerprint density at radius 1 is 0.764 bits per heavy atom. The van der Waals surface area contributed by atoms with Crippen LogP contribution in [0.15, 0.2) is 119 Å². The number of rotatable bonds is 30. The molecule has 10 N–H and O–H groups in total. The van der Waals surface area contributed by atoms with Crippen molar-refractivity contribution in [3.63, 3.8) is 0 Å². The number of piperidine rings is 1.